The minimum atomic E-state index is -0.299. The zero-order chi connectivity index (χ0) is 15.2. The van der Waals surface area contributed by atoms with E-state index in [1.54, 1.807) is 19.9 Å². The third-order valence-electron chi connectivity index (χ3n) is 3.68. The number of hydrogen-bond donors (Lipinski definition) is 1. The number of ether oxygens (including phenoxy) is 1. The second-order valence-electron chi connectivity index (χ2n) is 5.23. The molecule has 114 valence electrons. The Balaban J connectivity index is 1.93. The summed E-state index contributed by atoms with van der Waals surface area (Å²) in [4.78, 5) is 24.9. The standard InChI is InChI=1S/C16H22N2O3/c1-3-21-16(20)13-5-4-6-15(11-13)17-14-7-9-18(10-8-14)12(2)19/h4-6,11,14,17H,3,7-10H2,1-2H3. The monoisotopic (exact) mass is 290 g/mol. The number of nitrogens with zero attached hydrogens (tertiary/aromatic N) is 1. The molecule has 1 amide bonds. The average Bonchev–Trinajstić information content (AvgIpc) is 2.48. The number of likely N-dealkylation sites (tertiary alicyclic amines) is 1. The van der Waals surface area contributed by atoms with Gasteiger partial charge in [-0.1, -0.05) is 6.07 Å². The van der Waals surface area contributed by atoms with Crippen LogP contribution in [0.2, 0.25) is 0 Å². The molecule has 0 aromatic heterocycles. The Morgan fingerprint density at radius 2 is 2.05 bits per heavy atom. The molecule has 5 nitrogen and oxygen atoms in total. The van der Waals surface area contributed by atoms with Crippen LogP contribution in [0, 0.1) is 0 Å². The number of carbonyl (C=O) groups is 2. The molecule has 1 heterocycles. The van der Waals surface area contributed by atoms with E-state index in [2.05, 4.69) is 5.32 Å². The Labute approximate surface area is 125 Å². The first-order chi connectivity index (χ1) is 10.1. The van der Waals surface area contributed by atoms with Crippen molar-refractivity contribution >= 4 is 17.6 Å². The zero-order valence-electron chi connectivity index (χ0n) is 12.6. The molecule has 21 heavy (non-hydrogen) atoms. The van der Waals surface area contributed by atoms with Crippen LogP contribution in [0.15, 0.2) is 24.3 Å². The quantitative estimate of drug-likeness (QED) is 0.864. The normalized spacial score (nSPS) is 15.6. The van der Waals surface area contributed by atoms with Crippen molar-refractivity contribution in [2.24, 2.45) is 0 Å². The highest BCUT2D eigenvalue weighted by Gasteiger charge is 2.20. The van der Waals surface area contributed by atoms with Crippen molar-refractivity contribution in [3.63, 3.8) is 0 Å². The van der Waals surface area contributed by atoms with Gasteiger partial charge in [0.05, 0.1) is 12.2 Å². The lowest BCUT2D eigenvalue weighted by Crippen LogP contribution is -2.41. The Morgan fingerprint density at radius 1 is 1.33 bits per heavy atom. The largest absolute Gasteiger partial charge is 0.462 e. The fourth-order valence-electron chi connectivity index (χ4n) is 2.52. The van der Waals surface area contributed by atoms with Crippen LogP contribution in [0.5, 0.6) is 0 Å². The van der Waals surface area contributed by atoms with E-state index >= 15 is 0 Å². The lowest BCUT2D eigenvalue weighted by atomic mass is 10.0. The van der Waals surface area contributed by atoms with Crippen LogP contribution in [0.25, 0.3) is 0 Å². The van der Waals surface area contributed by atoms with E-state index < -0.39 is 0 Å². The van der Waals surface area contributed by atoms with Crippen molar-refractivity contribution in [1.82, 2.24) is 4.90 Å². The molecule has 2 rings (SSSR count). The van der Waals surface area contributed by atoms with E-state index in [4.69, 9.17) is 4.74 Å². The van der Waals surface area contributed by atoms with Crippen LogP contribution < -0.4 is 5.32 Å². The van der Waals surface area contributed by atoms with Gasteiger partial charge in [0.25, 0.3) is 0 Å². The Morgan fingerprint density at radius 3 is 2.67 bits per heavy atom. The number of piperidine rings is 1. The molecule has 0 aliphatic carbocycles. The Hall–Kier alpha value is -2.04. The summed E-state index contributed by atoms with van der Waals surface area (Å²) >= 11 is 0. The molecule has 1 N–H and O–H groups in total. The number of nitrogens with one attached hydrogen (secondary N) is 1. The third kappa shape index (κ3) is 4.21. The number of anilines is 1. The smallest absolute Gasteiger partial charge is 0.338 e. The summed E-state index contributed by atoms with van der Waals surface area (Å²) in [5.41, 5.74) is 1.48. The number of carbonyl (C=O) groups excluding carboxylic acids is 2. The Bertz CT molecular complexity index is 508. The van der Waals surface area contributed by atoms with Gasteiger partial charge in [-0.2, -0.15) is 0 Å². The molecule has 5 heteroatoms. The summed E-state index contributed by atoms with van der Waals surface area (Å²) in [5.74, 6) is -0.162. The van der Waals surface area contributed by atoms with E-state index in [9.17, 15) is 9.59 Å². The van der Waals surface area contributed by atoms with Gasteiger partial charge < -0.3 is 15.0 Å². The zero-order valence-corrected chi connectivity index (χ0v) is 12.6. The first-order valence-corrected chi connectivity index (χ1v) is 7.39. The van der Waals surface area contributed by atoms with Crippen LogP contribution >= 0.6 is 0 Å². The van der Waals surface area contributed by atoms with Crippen molar-refractivity contribution in [2.45, 2.75) is 32.7 Å². The van der Waals surface area contributed by atoms with E-state index in [-0.39, 0.29) is 11.9 Å². The van der Waals surface area contributed by atoms with E-state index in [0.717, 1.165) is 31.6 Å². The molecular weight excluding hydrogens is 268 g/mol. The maximum absolute atomic E-state index is 11.7. The van der Waals surface area contributed by atoms with Gasteiger partial charge in [-0.05, 0) is 38.0 Å². The number of rotatable bonds is 4. The minimum absolute atomic E-state index is 0.137. The molecule has 0 radical (unpaired) electrons. The second-order valence-corrected chi connectivity index (χ2v) is 5.23. The van der Waals surface area contributed by atoms with Crippen LogP contribution in [-0.2, 0) is 9.53 Å². The predicted molar refractivity (Wildman–Crippen MR) is 81.3 cm³/mol. The van der Waals surface area contributed by atoms with E-state index in [1.807, 2.05) is 23.1 Å². The fraction of sp³-hybridized carbons (Fsp3) is 0.500. The fourth-order valence-corrected chi connectivity index (χ4v) is 2.52. The van der Waals surface area contributed by atoms with Gasteiger partial charge in [-0.3, -0.25) is 4.79 Å². The summed E-state index contributed by atoms with van der Waals surface area (Å²) in [6.45, 7) is 5.34. The second kappa shape index (κ2) is 7.11. The molecule has 1 aromatic rings. The maximum Gasteiger partial charge on any atom is 0.338 e. The van der Waals surface area contributed by atoms with Gasteiger partial charge in [0.15, 0.2) is 0 Å². The molecule has 1 aromatic carbocycles. The van der Waals surface area contributed by atoms with Crippen molar-refractivity contribution in [1.29, 1.82) is 0 Å². The topological polar surface area (TPSA) is 58.6 Å². The Kier molecular flexibility index (Phi) is 5.20. The third-order valence-corrected chi connectivity index (χ3v) is 3.68. The molecular formula is C16H22N2O3. The summed E-state index contributed by atoms with van der Waals surface area (Å²) in [7, 11) is 0. The van der Waals surface area contributed by atoms with Crippen molar-refractivity contribution < 1.29 is 14.3 Å². The van der Waals surface area contributed by atoms with Crippen LogP contribution in [0.1, 0.15) is 37.0 Å². The van der Waals surface area contributed by atoms with Crippen molar-refractivity contribution in [2.75, 3.05) is 25.0 Å². The number of amides is 1. The van der Waals surface area contributed by atoms with Crippen molar-refractivity contribution in [3.05, 3.63) is 29.8 Å². The van der Waals surface area contributed by atoms with Gasteiger partial charge >= 0.3 is 5.97 Å². The van der Waals surface area contributed by atoms with E-state index in [1.165, 1.54) is 0 Å². The number of benzene rings is 1. The van der Waals surface area contributed by atoms with Gasteiger partial charge in [-0.25, -0.2) is 4.79 Å². The lowest BCUT2D eigenvalue weighted by Gasteiger charge is -2.32. The van der Waals surface area contributed by atoms with Gasteiger partial charge in [0, 0.05) is 31.7 Å². The molecule has 1 saturated heterocycles. The molecule has 0 bridgehead atoms. The molecule has 0 unspecified atom stereocenters. The molecule has 1 fully saturated rings. The predicted octanol–water partition coefficient (Wildman–Crippen LogP) is 2.29. The van der Waals surface area contributed by atoms with Crippen molar-refractivity contribution in [3.8, 4) is 0 Å². The summed E-state index contributed by atoms with van der Waals surface area (Å²) in [6.07, 6.45) is 1.84. The molecule has 0 spiro atoms. The van der Waals surface area contributed by atoms with Gasteiger partial charge in [-0.15, -0.1) is 0 Å². The molecule has 0 saturated carbocycles. The van der Waals surface area contributed by atoms with Gasteiger partial charge in [0.2, 0.25) is 5.91 Å². The summed E-state index contributed by atoms with van der Waals surface area (Å²) < 4.78 is 5.00. The molecule has 1 aliphatic rings. The highest BCUT2D eigenvalue weighted by atomic mass is 16.5. The van der Waals surface area contributed by atoms with Crippen LogP contribution in [0.3, 0.4) is 0 Å². The molecule has 0 atom stereocenters. The first-order valence-electron chi connectivity index (χ1n) is 7.39. The van der Waals surface area contributed by atoms with Crippen LogP contribution in [0.4, 0.5) is 5.69 Å². The molecule has 1 aliphatic heterocycles. The minimum Gasteiger partial charge on any atom is -0.462 e. The summed E-state index contributed by atoms with van der Waals surface area (Å²) in [5, 5.41) is 3.43. The summed E-state index contributed by atoms with van der Waals surface area (Å²) in [6, 6.07) is 7.69. The number of esters is 1. The lowest BCUT2D eigenvalue weighted by molar-refractivity contribution is -0.129. The number of hydrogen-bond acceptors (Lipinski definition) is 4. The highest BCUT2D eigenvalue weighted by molar-refractivity contribution is 5.90. The maximum atomic E-state index is 11.7. The first kappa shape index (κ1) is 15.4. The van der Waals surface area contributed by atoms with E-state index in [0.29, 0.717) is 18.2 Å². The SMILES string of the molecule is CCOC(=O)c1cccc(NC2CCN(C(C)=O)CC2)c1. The van der Waals surface area contributed by atoms with Gasteiger partial charge in [0.1, 0.15) is 0 Å². The van der Waals surface area contributed by atoms with Crippen LogP contribution in [-0.4, -0.2) is 42.5 Å². The highest BCUT2D eigenvalue weighted by Crippen LogP contribution is 2.18. The average molecular weight is 290 g/mol.